The molecule has 7 heteroatoms. The summed E-state index contributed by atoms with van der Waals surface area (Å²) in [5.74, 6) is -0.273. The summed E-state index contributed by atoms with van der Waals surface area (Å²) in [6, 6.07) is 9.47. The maximum atomic E-state index is 12.0. The molecule has 0 aliphatic rings. The highest BCUT2D eigenvalue weighted by molar-refractivity contribution is 7.89. The van der Waals surface area contributed by atoms with Crippen LogP contribution in [0.15, 0.2) is 46.7 Å². The molecule has 0 saturated heterocycles. The van der Waals surface area contributed by atoms with Gasteiger partial charge in [0, 0.05) is 0 Å². The second kappa shape index (κ2) is 5.83. The first-order valence-electron chi connectivity index (χ1n) is 5.31. The Hall–Kier alpha value is -1.21. The van der Waals surface area contributed by atoms with Gasteiger partial charge < -0.3 is 0 Å². The molecule has 0 radical (unpaired) electrons. The van der Waals surface area contributed by atoms with Gasteiger partial charge in [0.05, 0.1) is 16.4 Å². The quantitative estimate of drug-likeness (QED) is 0.863. The molecule has 1 aromatic carbocycles. The Balaban J connectivity index is 2.11. The zero-order valence-corrected chi connectivity index (χ0v) is 12.1. The van der Waals surface area contributed by atoms with E-state index in [2.05, 4.69) is 4.72 Å². The monoisotopic (exact) mass is 315 g/mol. The first-order chi connectivity index (χ1) is 9.00. The zero-order chi connectivity index (χ0) is 13.9. The van der Waals surface area contributed by atoms with Gasteiger partial charge in [-0.2, -0.15) is 0 Å². The van der Waals surface area contributed by atoms with Crippen molar-refractivity contribution in [3.8, 4) is 0 Å². The lowest BCUT2D eigenvalue weighted by Crippen LogP contribution is -2.29. The highest BCUT2D eigenvalue weighted by atomic mass is 35.5. The van der Waals surface area contributed by atoms with Crippen molar-refractivity contribution in [3.63, 3.8) is 0 Å². The molecule has 100 valence electrons. The van der Waals surface area contributed by atoms with Crippen LogP contribution in [0.5, 0.6) is 0 Å². The van der Waals surface area contributed by atoms with Crippen molar-refractivity contribution in [1.82, 2.24) is 4.72 Å². The standard InChI is InChI=1S/C12H10ClNO3S2/c13-9-4-1-2-6-12(9)19(16,17)14-8-10(15)11-5-3-7-18-11/h1-7,14H,8H2. The number of sulfonamides is 1. The van der Waals surface area contributed by atoms with Crippen LogP contribution in [-0.4, -0.2) is 20.7 Å². The van der Waals surface area contributed by atoms with E-state index in [4.69, 9.17) is 11.6 Å². The lowest BCUT2D eigenvalue weighted by Gasteiger charge is -2.06. The smallest absolute Gasteiger partial charge is 0.242 e. The average molecular weight is 316 g/mol. The van der Waals surface area contributed by atoms with Crippen LogP contribution in [0.2, 0.25) is 5.02 Å². The zero-order valence-electron chi connectivity index (χ0n) is 9.67. The number of rotatable bonds is 5. The molecule has 0 aliphatic heterocycles. The number of benzene rings is 1. The van der Waals surface area contributed by atoms with Crippen LogP contribution < -0.4 is 4.72 Å². The predicted octanol–water partition coefficient (Wildman–Crippen LogP) is 2.56. The third-order valence-electron chi connectivity index (χ3n) is 2.34. The summed E-state index contributed by atoms with van der Waals surface area (Å²) in [6.07, 6.45) is 0. The molecule has 0 unspecified atom stereocenters. The van der Waals surface area contributed by atoms with Gasteiger partial charge in [-0.15, -0.1) is 11.3 Å². The second-order valence-electron chi connectivity index (χ2n) is 3.66. The van der Waals surface area contributed by atoms with E-state index in [0.717, 1.165) is 0 Å². The topological polar surface area (TPSA) is 63.2 Å². The minimum Gasteiger partial charge on any atom is -0.292 e. The first-order valence-corrected chi connectivity index (χ1v) is 8.06. The molecule has 0 spiro atoms. The Kier molecular flexibility index (Phi) is 4.36. The lowest BCUT2D eigenvalue weighted by molar-refractivity contribution is 0.100. The van der Waals surface area contributed by atoms with E-state index in [1.165, 1.54) is 23.5 Å². The molecule has 0 fully saturated rings. The molecule has 0 amide bonds. The van der Waals surface area contributed by atoms with Crippen molar-refractivity contribution in [2.45, 2.75) is 4.90 Å². The van der Waals surface area contributed by atoms with Crippen molar-refractivity contribution in [2.75, 3.05) is 6.54 Å². The van der Waals surface area contributed by atoms with Gasteiger partial charge in [0.25, 0.3) is 0 Å². The number of ketones is 1. The lowest BCUT2D eigenvalue weighted by atomic mass is 10.3. The fraction of sp³-hybridized carbons (Fsp3) is 0.0833. The van der Waals surface area contributed by atoms with Crippen LogP contribution in [0.1, 0.15) is 9.67 Å². The SMILES string of the molecule is O=C(CNS(=O)(=O)c1ccccc1Cl)c1cccs1. The molecule has 0 saturated carbocycles. The van der Waals surface area contributed by atoms with Crippen LogP contribution in [-0.2, 0) is 10.0 Å². The van der Waals surface area contributed by atoms with Gasteiger partial charge in [0.2, 0.25) is 10.0 Å². The first kappa shape index (κ1) is 14.2. The molecular formula is C12H10ClNO3S2. The number of hydrogen-bond donors (Lipinski definition) is 1. The predicted molar refractivity (Wildman–Crippen MR) is 75.3 cm³/mol. The number of nitrogens with one attached hydrogen (secondary N) is 1. The third kappa shape index (κ3) is 3.42. The number of Topliss-reactive ketones (excluding diaryl/α,β-unsaturated/α-hetero) is 1. The van der Waals surface area contributed by atoms with E-state index < -0.39 is 10.0 Å². The summed E-state index contributed by atoms with van der Waals surface area (Å²) in [5, 5.41) is 1.88. The summed E-state index contributed by atoms with van der Waals surface area (Å²) in [4.78, 5) is 12.2. The van der Waals surface area contributed by atoms with Crippen LogP contribution in [0, 0.1) is 0 Å². The third-order valence-corrected chi connectivity index (χ3v) is 5.16. The molecule has 19 heavy (non-hydrogen) atoms. The van der Waals surface area contributed by atoms with E-state index in [1.54, 1.807) is 29.6 Å². The van der Waals surface area contributed by atoms with E-state index >= 15 is 0 Å². The molecule has 0 atom stereocenters. The van der Waals surface area contributed by atoms with Gasteiger partial charge >= 0.3 is 0 Å². The Bertz CT molecular complexity index is 681. The van der Waals surface area contributed by atoms with Crippen molar-refractivity contribution in [2.24, 2.45) is 0 Å². The maximum absolute atomic E-state index is 12.0. The van der Waals surface area contributed by atoms with Crippen LogP contribution in [0.4, 0.5) is 0 Å². The normalized spacial score (nSPS) is 11.4. The van der Waals surface area contributed by atoms with Gasteiger partial charge in [-0.25, -0.2) is 13.1 Å². The molecule has 1 aromatic heterocycles. The molecule has 2 aromatic rings. The number of hydrogen-bond acceptors (Lipinski definition) is 4. The van der Waals surface area contributed by atoms with Crippen molar-refractivity contribution >= 4 is 38.7 Å². The Morgan fingerprint density at radius 3 is 2.58 bits per heavy atom. The fourth-order valence-electron chi connectivity index (χ4n) is 1.43. The Labute approximate surface area is 120 Å². The minimum atomic E-state index is -3.78. The van der Waals surface area contributed by atoms with Gasteiger partial charge in [-0.05, 0) is 23.6 Å². The van der Waals surface area contributed by atoms with Crippen LogP contribution in [0.25, 0.3) is 0 Å². The molecule has 0 aliphatic carbocycles. The summed E-state index contributed by atoms with van der Waals surface area (Å²) in [5.41, 5.74) is 0. The average Bonchev–Trinajstić information content (AvgIpc) is 2.90. The van der Waals surface area contributed by atoms with E-state index in [9.17, 15) is 13.2 Å². The van der Waals surface area contributed by atoms with Crippen molar-refractivity contribution < 1.29 is 13.2 Å². The summed E-state index contributed by atoms with van der Waals surface area (Å²) in [6.45, 7) is -0.284. The van der Waals surface area contributed by atoms with Gasteiger partial charge in [-0.1, -0.05) is 29.8 Å². The number of halogens is 1. The van der Waals surface area contributed by atoms with E-state index in [-0.39, 0.29) is 22.2 Å². The second-order valence-corrected chi connectivity index (χ2v) is 6.75. The molecule has 1 heterocycles. The molecular weight excluding hydrogens is 306 g/mol. The molecule has 1 N–H and O–H groups in total. The summed E-state index contributed by atoms with van der Waals surface area (Å²) < 4.78 is 26.2. The highest BCUT2D eigenvalue weighted by Gasteiger charge is 2.18. The van der Waals surface area contributed by atoms with Gasteiger partial charge in [-0.3, -0.25) is 4.79 Å². The molecule has 4 nitrogen and oxygen atoms in total. The Morgan fingerprint density at radius 2 is 1.95 bits per heavy atom. The highest BCUT2D eigenvalue weighted by Crippen LogP contribution is 2.20. The fourth-order valence-corrected chi connectivity index (χ4v) is 3.59. The minimum absolute atomic E-state index is 0.0318. The van der Waals surface area contributed by atoms with E-state index in [1.807, 2.05) is 0 Å². The van der Waals surface area contributed by atoms with E-state index in [0.29, 0.717) is 4.88 Å². The Morgan fingerprint density at radius 1 is 1.21 bits per heavy atom. The van der Waals surface area contributed by atoms with Crippen molar-refractivity contribution in [3.05, 3.63) is 51.7 Å². The molecule has 0 bridgehead atoms. The number of carbonyl (C=O) groups excluding carboxylic acids is 1. The van der Waals surface area contributed by atoms with Crippen LogP contribution >= 0.6 is 22.9 Å². The number of thiophene rings is 1. The number of carbonyl (C=O) groups is 1. The van der Waals surface area contributed by atoms with Crippen LogP contribution in [0.3, 0.4) is 0 Å². The van der Waals surface area contributed by atoms with Crippen molar-refractivity contribution in [1.29, 1.82) is 0 Å². The molecule has 2 rings (SSSR count). The summed E-state index contributed by atoms with van der Waals surface area (Å²) >= 11 is 7.09. The maximum Gasteiger partial charge on any atom is 0.242 e. The van der Waals surface area contributed by atoms with Gasteiger partial charge in [0.15, 0.2) is 5.78 Å². The van der Waals surface area contributed by atoms with Gasteiger partial charge in [0.1, 0.15) is 4.90 Å². The summed E-state index contributed by atoms with van der Waals surface area (Å²) in [7, 11) is -3.78. The largest absolute Gasteiger partial charge is 0.292 e.